The molecule has 2 nitrogen and oxygen atoms in total. The van der Waals surface area contributed by atoms with E-state index in [1.165, 1.54) is 6.07 Å². The second kappa shape index (κ2) is 3.35. The number of para-hydroxylation sites is 1. The molecule has 0 spiro atoms. The molecule has 14 heavy (non-hydrogen) atoms. The molecule has 74 valence electrons. The van der Waals surface area contributed by atoms with E-state index < -0.39 is 0 Å². The second-order valence-electron chi connectivity index (χ2n) is 3.45. The second-order valence-corrected chi connectivity index (χ2v) is 4.16. The van der Waals surface area contributed by atoms with Crippen molar-refractivity contribution in [3.8, 4) is 0 Å². The lowest BCUT2D eigenvalue weighted by molar-refractivity contribution is 0.577. The Morgan fingerprint density at radius 2 is 2.14 bits per heavy atom. The zero-order valence-electron chi connectivity index (χ0n) is 7.96. The van der Waals surface area contributed by atoms with E-state index in [0.717, 1.165) is 0 Å². The first-order chi connectivity index (χ1) is 6.61. The van der Waals surface area contributed by atoms with Gasteiger partial charge in [0.1, 0.15) is 11.3 Å². The van der Waals surface area contributed by atoms with Gasteiger partial charge in [0, 0.05) is 6.04 Å². The fourth-order valence-electron chi connectivity index (χ4n) is 1.55. The molecule has 0 saturated heterocycles. The predicted molar refractivity (Wildman–Crippen MR) is 57.8 cm³/mol. The number of nitrogens with zero attached hydrogens (tertiary/aromatic N) is 2. The van der Waals surface area contributed by atoms with Crippen LogP contribution in [0.3, 0.4) is 0 Å². The maximum absolute atomic E-state index is 13.5. The third-order valence-corrected chi connectivity index (χ3v) is 2.69. The minimum absolute atomic E-state index is 0.186. The number of halogens is 2. The summed E-state index contributed by atoms with van der Waals surface area (Å²) in [5.41, 5.74) is 1.25. The summed E-state index contributed by atoms with van der Waals surface area (Å²) >= 11 is 3.33. The topological polar surface area (TPSA) is 17.8 Å². The molecule has 1 aromatic carbocycles. The molecule has 0 bridgehead atoms. The van der Waals surface area contributed by atoms with Gasteiger partial charge < -0.3 is 4.57 Å². The van der Waals surface area contributed by atoms with Gasteiger partial charge in [0.15, 0.2) is 4.73 Å². The van der Waals surface area contributed by atoms with Crippen molar-refractivity contribution in [3.05, 3.63) is 28.7 Å². The molecule has 1 aromatic heterocycles. The van der Waals surface area contributed by atoms with E-state index in [1.807, 2.05) is 24.5 Å². The van der Waals surface area contributed by atoms with Crippen molar-refractivity contribution in [2.24, 2.45) is 0 Å². The van der Waals surface area contributed by atoms with Crippen LogP contribution in [-0.2, 0) is 0 Å². The van der Waals surface area contributed by atoms with Crippen molar-refractivity contribution in [2.75, 3.05) is 0 Å². The molecule has 0 fully saturated rings. The highest BCUT2D eigenvalue weighted by Crippen LogP contribution is 2.26. The Hall–Kier alpha value is -0.900. The molecule has 1 heterocycles. The van der Waals surface area contributed by atoms with E-state index >= 15 is 0 Å². The van der Waals surface area contributed by atoms with Crippen LogP contribution in [0.25, 0.3) is 11.0 Å². The summed E-state index contributed by atoms with van der Waals surface area (Å²) in [5, 5.41) is 0. The van der Waals surface area contributed by atoms with Gasteiger partial charge in [0.25, 0.3) is 0 Å². The largest absolute Gasteiger partial charge is 0.314 e. The van der Waals surface area contributed by atoms with Crippen molar-refractivity contribution in [3.63, 3.8) is 0 Å². The standard InChI is InChI=1S/C10H10BrFN2/c1-6(2)14-9-7(12)4-3-5-8(9)13-10(14)11/h3-6H,1-2H3. The Bertz CT molecular complexity index is 476. The van der Waals surface area contributed by atoms with Gasteiger partial charge in [0.05, 0.1) is 5.52 Å². The van der Waals surface area contributed by atoms with Crippen molar-refractivity contribution < 1.29 is 4.39 Å². The summed E-state index contributed by atoms with van der Waals surface area (Å²) in [6, 6.07) is 5.12. The van der Waals surface area contributed by atoms with Crippen molar-refractivity contribution in [2.45, 2.75) is 19.9 Å². The minimum atomic E-state index is -0.227. The Labute approximate surface area is 89.9 Å². The highest BCUT2D eigenvalue weighted by atomic mass is 79.9. The fraction of sp³-hybridized carbons (Fsp3) is 0.300. The number of imidazole rings is 1. The third-order valence-electron chi connectivity index (χ3n) is 2.13. The van der Waals surface area contributed by atoms with Crippen LogP contribution in [-0.4, -0.2) is 9.55 Å². The zero-order chi connectivity index (χ0) is 10.3. The minimum Gasteiger partial charge on any atom is -0.314 e. The van der Waals surface area contributed by atoms with Crippen LogP contribution in [0.15, 0.2) is 22.9 Å². The monoisotopic (exact) mass is 256 g/mol. The van der Waals surface area contributed by atoms with Gasteiger partial charge in [-0.05, 0) is 41.9 Å². The number of rotatable bonds is 1. The predicted octanol–water partition coefficient (Wildman–Crippen LogP) is 3.52. The normalized spacial score (nSPS) is 11.5. The Morgan fingerprint density at radius 1 is 1.43 bits per heavy atom. The first-order valence-corrected chi connectivity index (χ1v) is 5.22. The highest BCUT2D eigenvalue weighted by molar-refractivity contribution is 9.10. The van der Waals surface area contributed by atoms with E-state index in [2.05, 4.69) is 20.9 Å². The molecule has 2 aromatic rings. The average molecular weight is 257 g/mol. The smallest absolute Gasteiger partial charge is 0.178 e. The molecule has 0 amide bonds. The van der Waals surface area contributed by atoms with E-state index in [0.29, 0.717) is 15.8 Å². The summed E-state index contributed by atoms with van der Waals surface area (Å²) in [6.07, 6.45) is 0. The lowest BCUT2D eigenvalue weighted by Crippen LogP contribution is -2.01. The summed E-state index contributed by atoms with van der Waals surface area (Å²) in [7, 11) is 0. The first-order valence-electron chi connectivity index (χ1n) is 4.43. The molecule has 0 atom stereocenters. The van der Waals surface area contributed by atoms with E-state index in [-0.39, 0.29) is 11.9 Å². The summed E-state index contributed by atoms with van der Waals surface area (Å²) in [6.45, 7) is 4.00. The van der Waals surface area contributed by atoms with Gasteiger partial charge >= 0.3 is 0 Å². The third kappa shape index (κ3) is 1.34. The van der Waals surface area contributed by atoms with Crippen LogP contribution in [0.5, 0.6) is 0 Å². The molecule has 2 rings (SSSR count). The highest BCUT2D eigenvalue weighted by Gasteiger charge is 2.13. The molecule has 0 aliphatic heterocycles. The lowest BCUT2D eigenvalue weighted by Gasteiger charge is -2.09. The van der Waals surface area contributed by atoms with E-state index in [1.54, 1.807) is 6.07 Å². The van der Waals surface area contributed by atoms with Crippen LogP contribution in [0.2, 0.25) is 0 Å². The first kappa shape index (κ1) is 9.65. The van der Waals surface area contributed by atoms with Crippen molar-refractivity contribution in [1.82, 2.24) is 9.55 Å². The maximum atomic E-state index is 13.5. The fourth-order valence-corrected chi connectivity index (χ4v) is 2.33. The molecule has 0 N–H and O–H groups in total. The van der Waals surface area contributed by atoms with Gasteiger partial charge in [-0.15, -0.1) is 0 Å². The molecule has 0 unspecified atom stereocenters. The quantitative estimate of drug-likeness (QED) is 0.764. The summed E-state index contributed by atoms with van der Waals surface area (Å²) in [5.74, 6) is -0.227. The zero-order valence-corrected chi connectivity index (χ0v) is 9.55. The van der Waals surface area contributed by atoms with Gasteiger partial charge in [-0.25, -0.2) is 9.37 Å². The van der Waals surface area contributed by atoms with Gasteiger partial charge in [-0.1, -0.05) is 6.07 Å². The van der Waals surface area contributed by atoms with Crippen LogP contribution < -0.4 is 0 Å². The van der Waals surface area contributed by atoms with E-state index in [4.69, 9.17) is 0 Å². The summed E-state index contributed by atoms with van der Waals surface area (Å²) < 4.78 is 16.1. The van der Waals surface area contributed by atoms with Crippen molar-refractivity contribution >= 4 is 27.0 Å². The number of hydrogen-bond donors (Lipinski definition) is 0. The molecule has 0 aliphatic rings. The van der Waals surface area contributed by atoms with Crippen LogP contribution in [0.1, 0.15) is 19.9 Å². The average Bonchev–Trinajstić information content (AvgIpc) is 2.42. The summed E-state index contributed by atoms with van der Waals surface area (Å²) in [4.78, 5) is 4.23. The molecule has 4 heteroatoms. The number of aromatic nitrogens is 2. The number of benzene rings is 1. The number of fused-ring (bicyclic) bond motifs is 1. The molecular weight excluding hydrogens is 247 g/mol. The van der Waals surface area contributed by atoms with E-state index in [9.17, 15) is 4.39 Å². The van der Waals surface area contributed by atoms with Crippen LogP contribution in [0, 0.1) is 5.82 Å². The van der Waals surface area contributed by atoms with Crippen molar-refractivity contribution in [1.29, 1.82) is 0 Å². The Morgan fingerprint density at radius 3 is 2.79 bits per heavy atom. The van der Waals surface area contributed by atoms with Gasteiger partial charge in [-0.2, -0.15) is 0 Å². The molecule has 0 radical (unpaired) electrons. The Balaban J connectivity index is 2.86. The van der Waals surface area contributed by atoms with Gasteiger partial charge in [0.2, 0.25) is 0 Å². The number of hydrogen-bond acceptors (Lipinski definition) is 1. The van der Waals surface area contributed by atoms with Crippen LogP contribution in [0.4, 0.5) is 4.39 Å². The van der Waals surface area contributed by atoms with Gasteiger partial charge in [-0.3, -0.25) is 0 Å². The molecular formula is C10H10BrFN2. The Kier molecular flexibility index (Phi) is 2.31. The van der Waals surface area contributed by atoms with Crippen LogP contribution >= 0.6 is 15.9 Å². The molecule has 0 saturated carbocycles. The maximum Gasteiger partial charge on any atom is 0.178 e. The lowest BCUT2D eigenvalue weighted by atomic mass is 10.3. The SMILES string of the molecule is CC(C)n1c(Br)nc2cccc(F)c21. The molecule has 0 aliphatic carbocycles.